The molecular formula is C11H21F3N2O2. The zero-order chi connectivity index (χ0) is 14.2. The zero-order valence-corrected chi connectivity index (χ0v) is 10.8. The van der Waals surface area contributed by atoms with Crippen LogP contribution in [0.5, 0.6) is 0 Å². The van der Waals surface area contributed by atoms with E-state index in [9.17, 15) is 18.0 Å². The van der Waals surface area contributed by atoms with Crippen LogP contribution in [0.2, 0.25) is 0 Å². The molecule has 0 aromatic carbocycles. The van der Waals surface area contributed by atoms with Gasteiger partial charge in [-0.05, 0) is 13.3 Å². The lowest BCUT2D eigenvalue weighted by molar-refractivity contribution is -0.149. The third-order valence-electron chi connectivity index (χ3n) is 2.32. The molecule has 4 nitrogen and oxygen atoms in total. The molecule has 0 aliphatic rings. The maximum absolute atomic E-state index is 12.2. The molecule has 1 unspecified atom stereocenters. The quantitative estimate of drug-likeness (QED) is 0.695. The minimum Gasteiger partial charge on any atom is -0.395 e. The van der Waals surface area contributed by atoms with Crippen LogP contribution in [0.15, 0.2) is 0 Å². The fraction of sp³-hybridized carbons (Fsp3) is 0.909. The summed E-state index contributed by atoms with van der Waals surface area (Å²) < 4.78 is 36.6. The Kier molecular flexibility index (Phi) is 7.93. The number of carbonyl (C=O) groups is 1. The van der Waals surface area contributed by atoms with Gasteiger partial charge in [-0.3, -0.25) is 9.69 Å². The normalized spacial score (nSPS) is 13.7. The van der Waals surface area contributed by atoms with Gasteiger partial charge in [-0.25, -0.2) is 0 Å². The van der Waals surface area contributed by atoms with E-state index in [1.165, 1.54) is 0 Å². The predicted molar refractivity (Wildman–Crippen MR) is 62.1 cm³/mol. The number of aliphatic hydroxyl groups is 1. The fourth-order valence-electron chi connectivity index (χ4n) is 1.64. The first-order valence-corrected chi connectivity index (χ1v) is 5.97. The molecule has 108 valence electrons. The number of hydrogen-bond acceptors (Lipinski definition) is 3. The highest BCUT2D eigenvalue weighted by molar-refractivity contribution is 5.78. The Morgan fingerprint density at radius 2 is 2.06 bits per heavy atom. The third kappa shape index (κ3) is 9.23. The monoisotopic (exact) mass is 270 g/mol. The highest BCUT2D eigenvalue weighted by atomic mass is 19.4. The largest absolute Gasteiger partial charge is 0.401 e. The summed E-state index contributed by atoms with van der Waals surface area (Å²) in [6, 6.07) is -0.0515. The molecule has 0 aliphatic heterocycles. The molecule has 0 aromatic rings. The topological polar surface area (TPSA) is 52.6 Å². The van der Waals surface area contributed by atoms with Gasteiger partial charge < -0.3 is 10.4 Å². The average molecular weight is 270 g/mol. The van der Waals surface area contributed by atoms with Gasteiger partial charge in [-0.15, -0.1) is 0 Å². The number of carbonyl (C=O) groups excluding carboxylic acids is 1. The maximum Gasteiger partial charge on any atom is 0.401 e. The van der Waals surface area contributed by atoms with Crippen molar-refractivity contribution < 1.29 is 23.1 Å². The van der Waals surface area contributed by atoms with Crippen LogP contribution in [0.3, 0.4) is 0 Å². The SMILES string of the molecule is CCCC(C)NC(=O)CN(CCO)CC(F)(F)F. The van der Waals surface area contributed by atoms with E-state index < -0.39 is 25.2 Å². The van der Waals surface area contributed by atoms with Crippen molar-refractivity contribution in [3.63, 3.8) is 0 Å². The molecule has 0 aliphatic carbocycles. The van der Waals surface area contributed by atoms with E-state index >= 15 is 0 Å². The molecule has 2 N–H and O–H groups in total. The van der Waals surface area contributed by atoms with Crippen LogP contribution in [0.25, 0.3) is 0 Å². The lowest BCUT2D eigenvalue weighted by Gasteiger charge is -2.23. The van der Waals surface area contributed by atoms with Crippen molar-refractivity contribution in [2.24, 2.45) is 0 Å². The lowest BCUT2D eigenvalue weighted by Crippen LogP contribution is -2.45. The maximum atomic E-state index is 12.2. The van der Waals surface area contributed by atoms with Crippen LogP contribution in [0.4, 0.5) is 13.2 Å². The molecule has 0 spiro atoms. The zero-order valence-electron chi connectivity index (χ0n) is 10.8. The minimum absolute atomic E-state index is 0.0515. The molecule has 0 bridgehead atoms. The van der Waals surface area contributed by atoms with Crippen molar-refractivity contribution in [3.8, 4) is 0 Å². The van der Waals surface area contributed by atoms with Crippen LogP contribution < -0.4 is 5.32 Å². The Labute approximate surface area is 105 Å². The summed E-state index contributed by atoms with van der Waals surface area (Å²) in [7, 11) is 0. The van der Waals surface area contributed by atoms with Gasteiger partial charge in [-0.1, -0.05) is 13.3 Å². The number of halogens is 3. The molecule has 1 amide bonds. The molecule has 0 radical (unpaired) electrons. The number of hydrogen-bond donors (Lipinski definition) is 2. The Hall–Kier alpha value is -0.820. The van der Waals surface area contributed by atoms with Gasteiger partial charge in [0, 0.05) is 12.6 Å². The van der Waals surface area contributed by atoms with Crippen molar-refractivity contribution >= 4 is 5.91 Å². The van der Waals surface area contributed by atoms with E-state index in [0.717, 1.165) is 17.7 Å². The second-order valence-electron chi connectivity index (χ2n) is 4.31. The van der Waals surface area contributed by atoms with Gasteiger partial charge in [0.25, 0.3) is 0 Å². The van der Waals surface area contributed by atoms with Crippen LogP contribution in [-0.4, -0.2) is 54.4 Å². The number of nitrogens with one attached hydrogen (secondary N) is 1. The van der Waals surface area contributed by atoms with Crippen LogP contribution in [-0.2, 0) is 4.79 Å². The van der Waals surface area contributed by atoms with Crippen molar-refractivity contribution in [1.29, 1.82) is 0 Å². The second-order valence-corrected chi connectivity index (χ2v) is 4.31. The molecule has 7 heteroatoms. The Morgan fingerprint density at radius 1 is 1.44 bits per heavy atom. The summed E-state index contributed by atoms with van der Waals surface area (Å²) in [6.45, 7) is 1.64. The first-order valence-electron chi connectivity index (χ1n) is 5.97. The summed E-state index contributed by atoms with van der Waals surface area (Å²) >= 11 is 0. The van der Waals surface area contributed by atoms with E-state index in [1.807, 2.05) is 13.8 Å². The number of nitrogens with zero attached hydrogens (tertiary/aromatic N) is 1. The van der Waals surface area contributed by atoms with Gasteiger partial charge in [0.15, 0.2) is 0 Å². The number of aliphatic hydroxyl groups excluding tert-OH is 1. The van der Waals surface area contributed by atoms with Crippen molar-refractivity contribution in [3.05, 3.63) is 0 Å². The molecule has 0 aromatic heterocycles. The van der Waals surface area contributed by atoms with Crippen molar-refractivity contribution in [1.82, 2.24) is 10.2 Å². The van der Waals surface area contributed by atoms with Gasteiger partial charge in [0.2, 0.25) is 5.91 Å². The van der Waals surface area contributed by atoms with Crippen molar-refractivity contribution in [2.45, 2.75) is 38.9 Å². The van der Waals surface area contributed by atoms with Gasteiger partial charge >= 0.3 is 6.18 Å². The molecular weight excluding hydrogens is 249 g/mol. The summed E-state index contributed by atoms with van der Waals surface area (Å²) in [6.07, 6.45) is -2.69. The molecule has 0 fully saturated rings. The Bertz CT molecular complexity index is 247. The molecule has 0 heterocycles. The Balaban J connectivity index is 4.19. The minimum atomic E-state index is -4.37. The summed E-state index contributed by atoms with van der Waals surface area (Å²) in [5, 5.41) is 11.3. The van der Waals surface area contributed by atoms with Crippen LogP contribution in [0, 0.1) is 0 Å². The van der Waals surface area contributed by atoms with Gasteiger partial charge in [0.05, 0.1) is 19.7 Å². The summed E-state index contributed by atoms with van der Waals surface area (Å²) in [5.41, 5.74) is 0. The molecule has 0 saturated carbocycles. The van der Waals surface area contributed by atoms with Crippen LogP contribution in [0.1, 0.15) is 26.7 Å². The van der Waals surface area contributed by atoms with E-state index in [4.69, 9.17) is 5.11 Å². The predicted octanol–water partition coefficient (Wildman–Crippen LogP) is 1.15. The Morgan fingerprint density at radius 3 is 2.50 bits per heavy atom. The smallest absolute Gasteiger partial charge is 0.395 e. The van der Waals surface area contributed by atoms with E-state index in [0.29, 0.717) is 0 Å². The summed E-state index contributed by atoms with van der Waals surface area (Å²) in [5.74, 6) is -0.450. The van der Waals surface area contributed by atoms with Crippen molar-refractivity contribution in [2.75, 3.05) is 26.2 Å². The first-order chi connectivity index (χ1) is 8.28. The second kappa shape index (κ2) is 8.31. The van der Waals surface area contributed by atoms with E-state index in [1.54, 1.807) is 0 Å². The average Bonchev–Trinajstić information content (AvgIpc) is 2.14. The molecule has 1 atom stereocenters. The summed E-state index contributed by atoms with van der Waals surface area (Å²) in [4.78, 5) is 12.4. The molecule has 0 rings (SSSR count). The molecule has 18 heavy (non-hydrogen) atoms. The number of alkyl halides is 3. The fourth-order valence-corrected chi connectivity index (χ4v) is 1.64. The number of amides is 1. The highest BCUT2D eigenvalue weighted by Crippen LogP contribution is 2.16. The van der Waals surface area contributed by atoms with E-state index in [-0.39, 0.29) is 19.1 Å². The first kappa shape index (κ1) is 17.2. The standard InChI is InChI=1S/C11H21F3N2O2/c1-3-4-9(2)15-10(18)7-16(5-6-17)8-11(12,13)14/h9,17H,3-8H2,1-2H3,(H,15,18). The van der Waals surface area contributed by atoms with Crippen LogP contribution >= 0.6 is 0 Å². The van der Waals surface area contributed by atoms with Gasteiger partial charge in [0.1, 0.15) is 0 Å². The molecule has 0 saturated heterocycles. The lowest BCUT2D eigenvalue weighted by atomic mass is 10.2. The third-order valence-corrected chi connectivity index (χ3v) is 2.32. The highest BCUT2D eigenvalue weighted by Gasteiger charge is 2.31. The van der Waals surface area contributed by atoms with Gasteiger partial charge in [-0.2, -0.15) is 13.2 Å². The van der Waals surface area contributed by atoms with E-state index in [2.05, 4.69) is 5.32 Å². The number of rotatable bonds is 8.